The Labute approximate surface area is 69.0 Å². The van der Waals surface area contributed by atoms with Gasteiger partial charge in [0.15, 0.2) is 5.69 Å². The first-order valence-corrected chi connectivity index (χ1v) is 4.23. The van der Waals surface area contributed by atoms with E-state index in [-0.39, 0.29) is 12.1 Å². The minimum atomic E-state index is -0.346. The van der Waals surface area contributed by atoms with Crippen molar-refractivity contribution in [3.05, 3.63) is 16.6 Å². The van der Waals surface area contributed by atoms with Crippen LogP contribution in [0.25, 0.3) is 0 Å². The summed E-state index contributed by atoms with van der Waals surface area (Å²) < 4.78 is 4.90. The highest BCUT2D eigenvalue weighted by atomic mass is 32.1. The van der Waals surface area contributed by atoms with Crippen molar-refractivity contribution < 1.29 is 9.53 Å². The van der Waals surface area contributed by atoms with Crippen molar-refractivity contribution in [2.45, 2.75) is 20.0 Å². The Balaban J connectivity index is 2.57. The van der Waals surface area contributed by atoms with Crippen LogP contribution in [0.2, 0.25) is 0 Å². The standard InChI is InChI=1S/C7H9NO2S/c1-5(2)10-7(9)6-3-11-4-8-6/h3-5H,1-2H3. The van der Waals surface area contributed by atoms with E-state index in [1.807, 2.05) is 13.8 Å². The molecule has 3 nitrogen and oxygen atoms in total. The summed E-state index contributed by atoms with van der Waals surface area (Å²) in [4.78, 5) is 14.9. The molecule has 0 N–H and O–H groups in total. The maximum absolute atomic E-state index is 11.0. The van der Waals surface area contributed by atoms with E-state index in [0.29, 0.717) is 5.69 Å². The van der Waals surface area contributed by atoms with Gasteiger partial charge in [-0.05, 0) is 13.8 Å². The summed E-state index contributed by atoms with van der Waals surface area (Å²) in [6.45, 7) is 3.62. The molecule has 1 heterocycles. The molecule has 0 aliphatic carbocycles. The average molecular weight is 171 g/mol. The molecule has 11 heavy (non-hydrogen) atoms. The van der Waals surface area contributed by atoms with Gasteiger partial charge in [0.25, 0.3) is 0 Å². The molecule has 0 spiro atoms. The van der Waals surface area contributed by atoms with Crippen molar-refractivity contribution in [3.8, 4) is 0 Å². The second-order valence-corrected chi connectivity index (χ2v) is 3.05. The number of carbonyl (C=O) groups is 1. The van der Waals surface area contributed by atoms with Crippen LogP contribution in [-0.4, -0.2) is 17.1 Å². The second kappa shape index (κ2) is 3.48. The highest BCUT2D eigenvalue weighted by Crippen LogP contribution is 2.04. The molecule has 0 unspecified atom stereocenters. The summed E-state index contributed by atoms with van der Waals surface area (Å²) in [5.74, 6) is -0.346. The average Bonchev–Trinajstić information content (AvgIpc) is 2.35. The highest BCUT2D eigenvalue weighted by Gasteiger charge is 2.09. The normalized spacial score (nSPS) is 10.1. The zero-order valence-corrected chi connectivity index (χ0v) is 7.22. The first kappa shape index (κ1) is 8.20. The Morgan fingerprint density at radius 3 is 2.91 bits per heavy atom. The van der Waals surface area contributed by atoms with E-state index in [9.17, 15) is 4.79 Å². The Bertz CT molecular complexity index is 231. The fourth-order valence-electron chi connectivity index (χ4n) is 0.588. The number of rotatable bonds is 2. The van der Waals surface area contributed by atoms with Crippen molar-refractivity contribution in [3.63, 3.8) is 0 Å². The van der Waals surface area contributed by atoms with Crippen LogP contribution in [0.15, 0.2) is 10.9 Å². The summed E-state index contributed by atoms with van der Waals surface area (Å²) in [5, 5.41) is 1.67. The third-order valence-electron chi connectivity index (χ3n) is 0.984. The van der Waals surface area contributed by atoms with Crippen LogP contribution in [0.3, 0.4) is 0 Å². The van der Waals surface area contributed by atoms with Crippen LogP contribution in [0, 0.1) is 0 Å². The summed E-state index contributed by atoms with van der Waals surface area (Å²) in [7, 11) is 0. The number of carbonyl (C=O) groups excluding carboxylic acids is 1. The number of ether oxygens (including phenoxy) is 1. The number of thiazole rings is 1. The molecule has 1 rings (SSSR count). The van der Waals surface area contributed by atoms with Crippen LogP contribution in [0.5, 0.6) is 0 Å². The summed E-state index contributed by atoms with van der Waals surface area (Å²) in [6, 6.07) is 0. The molecule has 0 saturated carbocycles. The van der Waals surface area contributed by atoms with E-state index < -0.39 is 0 Å². The van der Waals surface area contributed by atoms with Crippen molar-refractivity contribution in [2.75, 3.05) is 0 Å². The van der Waals surface area contributed by atoms with Gasteiger partial charge in [-0.1, -0.05) is 0 Å². The SMILES string of the molecule is CC(C)OC(=O)c1cscn1. The lowest BCUT2D eigenvalue weighted by atomic mass is 10.4. The fraction of sp³-hybridized carbons (Fsp3) is 0.429. The number of aromatic nitrogens is 1. The smallest absolute Gasteiger partial charge is 0.358 e. The molecular weight excluding hydrogens is 162 g/mol. The summed E-state index contributed by atoms with van der Waals surface area (Å²) in [6.07, 6.45) is -0.0794. The van der Waals surface area contributed by atoms with Gasteiger partial charge in [0.05, 0.1) is 11.6 Å². The summed E-state index contributed by atoms with van der Waals surface area (Å²) >= 11 is 1.38. The topological polar surface area (TPSA) is 39.2 Å². The fourth-order valence-corrected chi connectivity index (χ4v) is 1.11. The molecular formula is C7H9NO2S. The maximum atomic E-state index is 11.0. The van der Waals surface area contributed by atoms with Crippen molar-refractivity contribution in [1.29, 1.82) is 0 Å². The molecule has 0 aliphatic heterocycles. The Hall–Kier alpha value is -0.900. The molecule has 0 fully saturated rings. The predicted molar refractivity (Wildman–Crippen MR) is 42.7 cm³/mol. The van der Waals surface area contributed by atoms with Gasteiger partial charge in [0.1, 0.15) is 0 Å². The van der Waals surface area contributed by atoms with Gasteiger partial charge in [-0.25, -0.2) is 9.78 Å². The van der Waals surface area contributed by atoms with Crippen molar-refractivity contribution in [2.24, 2.45) is 0 Å². The molecule has 4 heteroatoms. The molecule has 0 atom stereocenters. The number of nitrogens with zero attached hydrogens (tertiary/aromatic N) is 1. The van der Waals surface area contributed by atoms with E-state index in [0.717, 1.165) is 0 Å². The van der Waals surface area contributed by atoms with Gasteiger partial charge in [-0.3, -0.25) is 0 Å². The number of esters is 1. The van der Waals surface area contributed by atoms with Gasteiger partial charge in [0.2, 0.25) is 0 Å². The zero-order valence-electron chi connectivity index (χ0n) is 6.40. The van der Waals surface area contributed by atoms with E-state index in [1.165, 1.54) is 11.3 Å². The minimum Gasteiger partial charge on any atom is -0.458 e. The molecule has 60 valence electrons. The minimum absolute atomic E-state index is 0.0794. The third-order valence-corrected chi connectivity index (χ3v) is 1.57. The largest absolute Gasteiger partial charge is 0.458 e. The molecule has 0 aliphatic rings. The quantitative estimate of drug-likeness (QED) is 0.636. The van der Waals surface area contributed by atoms with Crippen LogP contribution in [0.1, 0.15) is 24.3 Å². The van der Waals surface area contributed by atoms with E-state index >= 15 is 0 Å². The molecule has 0 amide bonds. The molecule has 1 aromatic heterocycles. The van der Waals surface area contributed by atoms with Gasteiger partial charge in [-0.15, -0.1) is 11.3 Å². The van der Waals surface area contributed by atoms with Gasteiger partial charge < -0.3 is 4.74 Å². The second-order valence-electron chi connectivity index (χ2n) is 2.33. The lowest BCUT2D eigenvalue weighted by Gasteiger charge is -2.04. The van der Waals surface area contributed by atoms with Gasteiger partial charge in [-0.2, -0.15) is 0 Å². The lowest BCUT2D eigenvalue weighted by Crippen LogP contribution is -2.11. The van der Waals surface area contributed by atoms with E-state index in [2.05, 4.69) is 4.98 Å². The van der Waals surface area contributed by atoms with Crippen molar-refractivity contribution >= 4 is 17.3 Å². The Kier molecular flexibility index (Phi) is 2.59. The maximum Gasteiger partial charge on any atom is 0.358 e. The predicted octanol–water partition coefficient (Wildman–Crippen LogP) is 1.71. The first-order valence-electron chi connectivity index (χ1n) is 3.29. The Morgan fingerprint density at radius 1 is 1.73 bits per heavy atom. The van der Waals surface area contributed by atoms with Crippen LogP contribution >= 0.6 is 11.3 Å². The number of hydrogen-bond donors (Lipinski definition) is 0. The molecule has 0 radical (unpaired) electrons. The van der Waals surface area contributed by atoms with Crippen LogP contribution in [0.4, 0.5) is 0 Å². The van der Waals surface area contributed by atoms with Gasteiger partial charge in [0, 0.05) is 5.38 Å². The highest BCUT2D eigenvalue weighted by molar-refractivity contribution is 7.07. The van der Waals surface area contributed by atoms with E-state index in [4.69, 9.17) is 4.74 Å². The van der Waals surface area contributed by atoms with Crippen LogP contribution in [-0.2, 0) is 4.74 Å². The van der Waals surface area contributed by atoms with E-state index in [1.54, 1.807) is 10.9 Å². The molecule has 0 aromatic carbocycles. The molecule has 1 aromatic rings. The molecule has 0 saturated heterocycles. The summed E-state index contributed by atoms with van der Waals surface area (Å²) in [5.41, 5.74) is 2.00. The van der Waals surface area contributed by atoms with Crippen LogP contribution < -0.4 is 0 Å². The third kappa shape index (κ3) is 2.31. The lowest BCUT2D eigenvalue weighted by molar-refractivity contribution is 0.0372. The molecule has 0 bridgehead atoms. The van der Waals surface area contributed by atoms with Gasteiger partial charge >= 0.3 is 5.97 Å². The van der Waals surface area contributed by atoms with Crippen molar-refractivity contribution in [1.82, 2.24) is 4.98 Å². The monoisotopic (exact) mass is 171 g/mol. The zero-order chi connectivity index (χ0) is 8.27. The first-order chi connectivity index (χ1) is 5.20. The Morgan fingerprint density at radius 2 is 2.45 bits per heavy atom. The number of hydrogen-bond acceptors (Lipinski definition) is 4.